The quantitative estimate of drug-likeness (QED) is 0.578. The highest BCUT2D eigenvalue weighted by atomic mass is 16.5. The van der Waals surface area contributed by atoms with E-state index in [-0.39, 0.29) is 5.57 Å². The van der Waals surface area contributed by atoms with Gasteiger partial charge in [-0.2, -0.15) is 0 Å². The Kier molecular flexibility index (Phi) is 3.40. The van der Waals surface area contributed by atoms with Gasteiger partial charge in [0.2, 0.25) is 0 Å². The zero-order chi connectivity index (χ0) is 16.7. The number of benzene rings is 1. The second-order valence-corrected chi connectivity index (χ2v) is 5.22. The van der Waals surface area contributed by atoms with Crippen LogP contribution in [0.5, 0.6) is 5.75 Å². The fourth-order valence-corrected chi connectivity index (χ4v) is 2.41. The average molecular weight is 313 g/mol. The van der Waals surface area contributed by atoms with Crippen LogP contribution in [0.25, 0.3) is 0 Å². The summed E-state index contributed by atoms with van der Waals surface area (Å²) in [6.07, 6.45) is 2.92. The van der Waals surface area contributed by atoms with E-state index in [0.29, 0.717) is 11.6 Å². The van der Waals surface area contributed by atoms with Crippen molar-refractivity contribution < 1.29 is 19.1 Å². The van der Waals surface area contributed by atoms with Crippen molar-refractivity contribution in [1.82, 2.24) is 9.80 Å². The zero-order valence-corrected chi connectivity index (χ0v) is 12.9. The molecule has 1 fully saturated rings. The number of allylic oxidation sites excluding steroid dienone is 2. The molecule has 1 aromatic carbocycles. The number of hydrogen-bond donors (Lipinski definition) is 0. The lowest BCUT2D eigenvalue weighted by Gasteiger charge is -2.28. The Hall–Kier alpha value is -3.09. The van der Waals surface area contributed by atoms with Crippen LogP contribution < -0.4 is 9.64 Å². The van der Waals surface area contributed by atoms with E-state index in [9.17, 15) is 14.4 Å². The minimum absolute atomic E-state index is 0.0879. The third-order valence-corrected chi connectivity index (χ3v) is 3.81. The maximum Gasteiger partial charge on any atom is 0.333 e. The molecule has 0 bridgehead atoms. The summed E-state index contributed by atoms with van der Waals surface area (Å²) in [6, 6.07) is 6.84. The first kappa shape index (κ1) is 14.8. The Morgan fingerprint density at radius 1 is 0.870 bits per heavy atom. The summed E-state index contributed by atoms with van der Waals surface area (Å²) in [5.41, 5.74) is 0.804. The summed E-state index contributed by atoms with van der Waals surface area (Å²) in [6.45, 7) is 0. The van der Waals surface area contributed by atoms with Crippen molar-refractivity contribution in [1.29, 1.82) is 0 Å². The van der Waals surface area contributed by atoms with E-state index in [1.165, 1.54) is 20.2 Å². The third-order valence-electron chi connectivity index (χ3n) is 3.81. The largest absolute Gasteiger partial charge is 0.439 e. The van der Waals surface area contributed by atoms with Crippen molar-refractivity contribution in [2.45, 2.75) is 0 Å². The molecule has 0 N–H and O–H groups in total. The number of carbonyl (C=O) groups is 3. The normalized spacial score (nSPS) is 19.4. The second kappa shape index (κ2) is 5.28. The van der Waals surface area contributed by atoms with Gasteiger partial charge in [-0.05, 0) is 24.3 Å². The fraction of sp³-hybridized carbons (Fsp3) is 0.188. The number of imide groups is 2. The molecule has 0 unspecified atom stereocenters. The predicted octanol–water partition coefficient (Wildman–Crippen LogP) is 1.33. The molecule has 0 saturated carbocycles. The number of barbiturate groups is 1. The monoisotopic (exact) mass is 313 g/mol. The van der Waals surface area contributed by atoms with E-state index in [1.54, 1.807) is 6.08 Å². The molecule has 4 amide bonds. The van der Waals surface area contributed by atoms with E-state index in [2.05, 4.69) is 0 Å². The molecule has 7 heteroatoms. The molecule has 1 saturated heterocycles. The maximum atomic E-state index is 12.1. The van der Waals surface area contributed by atoms with Gasteiger partial charge in [-0.25, -0.2) is 4.79 Å². The summed E-state index contributed by atoms with van der Waals surface area (Å²) in [5.74, 6) is -0.0758. The highest BCUT2D eigenvalue weighted by Gasteiger charge is 2.37. The van der Waals surface area contributed by atoms with Crippen LogP contribution in [0, 0.1) is 0 Å². The van der Waals surface area contributed by atoms with Crippen LogP contribution in [0.2, 0.25) is 0 Å². The molecule has 23 heavy (non-hydrogen) atoms. The van der Waals surface area contributed by atoms with E-state index >= 15 is 0 Å². The van der Waals surface area contributed by atoms with Gasteiger partial charge in [0.15, 0.2) is 11.6 Å². The highest BCUT2D eigenvalue weighted by molar-refractivity contribution is 6.28. The van der Waals surface area contributed by atoms with Crippen LogP contribution in [-0.2, 0) is 9.59 Å². The van der Waals surface area contributed by atoms with Crippen LogP contribution in [0.3, 0.4) is 0 Å². The third kappa shape index (κ3) is 2.26. The lowest BCUT2D eigenvalue weighted by atomic mass is 10.1. The summed E-state index contributed by atoms with van der Waals surface area (Å²) < 4.78 is 5.68. The Morgan fingerprint density at radius 2 is 1.48 bits per heavy atom. The number of carbonyl (C=O) groups excluding carboxylic acids is 3. The van der Waals surface area contributed by atoms with Crippen molar-refractivity contribution in [3.63, 3.8) is 0 Å². The number of fused-ring (bicyclic) bond motifs is 1. The number of amides is 4. The number of para-hydroxylation sites is 2. The molecule has 2 aliphatic rings. The lowest BCUT2D eigenvalue weighted by Crippen LogP contribution is -2.53. The van der Waals surface area contributed by atoms with Crippen LogP contribution in [0.1, 0.15) is 0 Å². The minimum atomic E-state index is -0.647. The van der Waals surface area contributed by atoms with Crippen LogP contribution in [0.15, 0.2) is 47.9 Å². The molecule has 0 radical (unpaired) electrons. The standard InChI is InChI=1S/C16H15N3O4/c1-17-11-6-4-5-7-12(11)23-13(17)9-8-10-14(20)18(2)16(22)19(3)15(10)21/h4-9H,1-3H3. The molecule has 2 aliphatic heterocycles. The number of hydrogen-bond acceptors (Lipinski definition) is 5. The molecule has 0 spiro atoms. The Balaban J connectivity index is 1.92. The van der Waals surface area contributed by atoms with Gasteiger partial charge in [0.1, 0.15) is 5.57 Å². The molecule has 1 aromatic rings. The van der Waals surface area contributed by atoms with Gasteiger partial charge >= 0.3 is 6.03 Å². The maximum absolute atomic E-state index is 12.1. The van der Waals surface area contributed by atoms with E-state index in [4.69, 9.17) is 4.74 Å². The zero-order valence-electron chi connectivity index (χ0n) is 12.9. The molecule has 0 atom stereocenters. The van der Waals surface area contributed by atoms with Crippen molar-refractivity contribution in [2.75, 3.05) is 26.0 Å². The SMILES string of the molecule is CN1C(=O)C(=CC=C2Oc3ccccc3N2C)C(=O)N(C)C1=O. The van der Waals surface area contributed by atoms with Crippen molar-refractivity contribution in [3.05, 3.63) is 47.9 Å². The summed E-state index contributed by atoms with van der Waals surface area (Å²) >= 11 is 0. The second-order valence-electron chi connectivity index (χ2n) is 5.22. The number of nitrogens with zero attached hydrogens (tertiary/aromatic N) is 3. The van der Waals surface area contributed by atoms with E-state index in [1.807, 2.05) is 36.2 Å². The molecule has 0 aromatic heterocycles. The van der Waals surface area contributed by atoms with Crippen LogP contribution in [-0.4, -0.2) is 48.8 Å². The molecular weight excluding hydrogens is 298 g/mol. The number of likely N-dealkylation sites (N-methyl/N-ethyl adjacent to an activating group) is 2. The van der Waals surface area contributed by atoms with Crippen molar-refractivity contribution >= 4 is 23.5 Å². The van der Waals surface area contributed by atoms with E-state index in [0.717, 1.165) is 15.5 Å². The van der Waals surface area contributed by atoms with Gasteiger partial charge in [0, 0.05) is 21.1 Å². The molecular formula is C16H15N3O4. The first-order chi connectivity index (χ1) is 10.9. The van der Waals surface area contributed by atoms with Gasteiger partial charge in [-0.1, -0.05) is 12.1 Å². The van der Waals surface area contributed by atoms with Gasteiger partial charge in [0.05, 0.1) is 5.69 Å². The molecule has 0 aliphatic carbocycles. The number of ether oxygens (including phenoxy) is 1. The molecule has 2 heterocycles. The minimum Gasteiger partial charge on any atom is -0.439 e. The van der Waals surface area contributed by atoms with Crippen molar-refractivity contribution in [2.24, 2.45) is 0 Å². The number of rotatable bonds is 1. The van der Waals surface area contributed by atoms with Gasteiger partial charge in [0.25, 0.3) is 11.8 Å². The Labute approximate surface area is 133 Å². The van der Waals surface area contributed by atoms with Crippen LogP contribution in [0.4, 0.5) is 10.5 Å². The highest BCUT2D eigenvalue weighted by Crippen LogP contribution is 2.37. The summed E-state index contributed by atoms with van der Waals surface area (Å²) in [4.78, 5) is 39.5. The number of anilines is 1. The van der Waals surface area contributed by atoms with Crippen molar-refractivity contribution in [3.8, 4) is 5.75 Å². The topological polar surface area (TPSA) is 70.2 Å². The first-order valence-electron chi connectivity index (χ1n) is 6.94. The smallest absolute Gasteiger partial charge is 0.333 e. The molecule has 118 valence electrons. The summed E-state index contributed by atoms with van der Waals surface area (Å²) in [7, 11) is 4.49. The van der Waals surface area contributed by atoms with Gasteiger partial charge < -0.3 is 9.64 Å². The fourth-order valence-electron chi connectivity index (χ4n) is 2.41. The predicted molar refractivity (Wildman–Crippen MR) is 82.6 cm³/mol. The molecule has 7 nitrogen and oxygen atoms in total. The Morgan fingerprint density at radius 3 is 2.09 bits per heavy atom. The van der Waals surface area contributed by atoms with E-state index < -0.39 is 17.8 Å². The lowest BCUT2D eigenvalue weighted by molar-refractivity contribution is -0.134. The van der Waals surface area contributed by atoms with Crippen LogP contribution >= 0.6 is 0 Å². The Bertz CT molecular complexity index is 755. The molecule has 3 rings (SSSR count). The van der Waals surface area contributed by atoms with Gasteiger partial charge in [-0.3, -0.25) is 19.4 Å². The van der Waals surface area contributed by atoms with Gasteiger partial charge in [-0.15, -0.1) is 0 Å². The number of urea groups is 1. The summed E-state index contributed by atoms with van der Waals surface area (Å²) in [5, 5.41) is 0. The average Bonchev–Trinajstić information content (AvgIpc) is 2.88. The first-order valence-corrected chi connectivity index (χ1v) is 6.94.